The summed E-state index contributed by atoms with van der Waals surface area (Å²) in [5.41, 5.74) is 0. The molecule has 0 aromatic heterocycles. The third-order valence-electron chi connectivity index (χ3n) is 1.28. The van der Waals surface area contributed by atoms with Crippen molar-refractivity contribution < 1.29 is 9.90 Å². The third-order valence-corrected chi connectivity index (χ3v) is 1.28. The Hall–Kier alpha value is -0.280. The number of rotatable bonds is 4. The molecule has 0 aromatic carbocycles. The molecular weight excluding hydrogens is 154 g/mol. The molecule has 3 nitrogen and oxygen atoms in total. The monoisotopic (exact) mass is 167 g/mol. The predicted molar refractivity (Wildman–Crippen MR) is 42.6 cm³/mol. The summed E-state index contributed by atoms with van der Waals surface area (Å²) < 4.78 is 0. The molecule has 1 atom stereocenters. The highest BCUT2D eigenvalue weighted by molar-refractivity contribution is 5.85. The van der Waals surface area contributed by atoms with Crippen LogP contribution < -0.4 is 5.32 Å². The van der Waals surface area contributed by atoms with Crippen LogP contribution in [0, 0.1) is 0 Å². The van der Waals surface area contributed by atoms with Gasteiger partial charge in [0.15, 0.2) is 0 Å². The van der Waals surface area contributed by atoms with E-state index >= 15 is 0 Å². The summed E-state index contributed by atoms with van der Waals surface area (Å²) >= 11 is 0. The fourth-order valence-corrected chi connectivity index (χ4v) is 0.484. The van der Waals surface area contributed by atoms with Crippen molar-refractivity contribution in [3.63, 3.8) is 0 Å². The van der Waals surface area contributed by atoms with Crippen LogP contribution in [0.2, 0.25) is 0 Å². The lowest BCUT2D eigenvalue weighted by Gasteiger charge is -2.05. The molecular formula is C6H14ClNO2. The maximum Gasteiger partial charge on any atom is 0.303 e. The minimum absolute atomic E-state index is 0. The molecule has 0 saturated carbocycles. The van der Waals surface area contributed by atoms with E-state index in [4.69, 9.17) is 5.11 Å². The Kier molecular flexibility index (Phi) is 8.48. The highest BCUT2D eigenvalue weighted by Gasteiger charge is 2.00. The Morgan fingerprint density at radius 1 is 1.70 bits per heavy atom. The molecule has 0 aliphatic rings. The molecule has 10 heavy (non-hydrogen) atoms. The minimum Gasteiger partial charge on any atom is -0.481 e. The fraction of sp³-hybridized carbons (Fsp3) is 0.833. The Balaban J connectivity index is 0. The number of hydrogen-bond acceptors (Lipinski definition) is 2. The van der Waals surface area contributed by atoms with Crippen molar-refractivity contribution in [1.82, 2.24) is 5.32 Å². The van der Waals surface area contributed by atoms with Gasteiger partial charge in [-0.1, -0.05) is 0 Å². The summed E-state index contributed by atoms with van der Waals surface area (Å²) in [7, 11) is 1.83. The number of hydrogen-bond donors (Lipinski definition) is 2. The van der Waals surface area contributed by atoms with Crippen LogP contribution in [0.3, 0.4) is 0 Å². The van der Waals surface area contributed by atoms with Gasteiger partial charge < -0.3 is 10.4 Å². The number of halogens is 1. The lowest BCUT2D eigenvalue weighted by Crippen LogP contribution is -2.21. The second kappa shape index (κ2) is 6.83. The molecule has 0 aliphatic carbocycles. The SMILES string of the molecule is CNC(C)CCC(=O)O.Cl. The third kappa shape index (κ3) is 7.72. The van der Waals surface area contributed by atoms with Gasteiger partial charge in [-0.2, -0.15) is 0 Å². The van der Waals surface area contributed by atoms with Gasteiger partial charge >= 0.3 is 5.97 Å². The highest BCUT2D eigenvalue weighted by Crippen LogP contribution is 1.93. The first-order chi connectivity index (χ1) is 4.16. The molecule has 0 radical (unpaired) electrons. The van der Waals surface area contributed by atoms with Crippen LogP contribution in [-0.4, -0.2) is 24.2 Å². The summed E-state index contributed by atoms with van der Waals surface area (Å²) in [4.78, 5) is 9.99. The van der Waals surface area contributed by atoms with Gasteiger partial charge in [0, 0.05) is 12.5 Å². The lowest BCUT2D eigenvalue weighted by atomic mass is 10.2. The van der Waals surface area contributed by atoms with E-state index in [1.807, 2.05) is 14.0 Å². The van der Waals surface area contributed by atoms with Gasteiger partial charge in [0.05, 0.1) is 0 Å². The first-order valence-electron chi connectivity index (χ1n) is 3.06. The van der Waals surface area contributed by atoms with Crippen molar-refractivity contribution >= 4 is 18.4 Å². The first kappa shape index (κ1) is 12.4. The average molecular weight is 168 g/mol. The van der Waals surface area contributed by atoms with Gasteiger partial charge in [-0.05, 0) is 20.4 Å². The number of carbonyl (C=O) groups is 1. The molecule has 4 heteroatoms. The van der Waals surface area contributed by atoms with E-state index in [-0.39, 0.29) is 18.8 Å². The molecule has 0 amide bonds. The molecule has 0 aliphatic heterocycles. The molecule has 0 heterocycles. The topological polar surface area (TPSA) is 49.3 Å². The zero-order valence-electron chi connectivity index (χ0n) is 6.26. The van der Waals surface area contributed by atoms with E-state index in [1.54, 1.807) is 0 Å². The summed E-state index contributed by atoms with van der Waals surface area (Å²) in [5.74, 6) is -0.725. The van der Waals surface area contributed by atoms with Crippen molar-refractivity contribution in [2.45, 2.75) is 25.8 Å². The van der Waals surface area contributed by atoms with Crippen molar-refractivity contribution in [2.24, 2.45) is 0 Å². The highest BCUT2D eigenvalue weighted by atomic mass is 35.5. The molecule has 0 rings (SSSR count). The van der Waals surface area contributed by atoms with E-state index in [0.717, 1.165) is 0 Å². The van der Waals surface area contributed by atoms with E-state index in [9.17, 15) is 4.79 Å². The quantitative estimate of drug-likeness (QED) is 0.654. The van der Waals surface area contributed by atoms with Crippen molar-refractivity contribution in [3.8, 4) is 0 Å². The minimum atomic E-state index is -0.725. The van der Waals surface area contributed by atoms with Crippen molar-refractivity contribution in [2.75, 3.05) is 7.05 Å². The zero-order chi connectivity index (χ0) is 7.28. The molecule has 0 bridgehead atoms. The summed E-state index contributed by atoms with van der Waals surface area (Å²) in [6.45, 7) is 1.96. The second-order valence-electron chi connectivity index (χ2n) is 2.12. The predicted octanol–water partition coefficient (Wildman–Crippen LogP) is 0.881. The summed E-state index contributed by atoms with van der Waals surface area (Å²) in [6, 6.07) is 0.307. The van der Waals surface area contributed by atoms with Crippen LogP contribution >= 0.6 is 12.4 Å². The normalized spacial score (nSPS) is 11.8. The van der Waals surface area contributed by atoms with E-state index in [1.165, 1.54) is 0 Å². The summed E-state index contributed by atoms with van der Waals surface area (Å²) in [5, 5.41) is 11.2. The lowest BCUT2D eigenvalue weighted by molar-refractivity contribution is -0.137. The van der Waals surface area contributed by atoms with Crippen LogP contribution in [0.25, 0.3) is 0 Å². The van der Waals surface area contributed by atoms with E-state index < -0.39 is 5.97 Å². The van der Waals surface area contributed by atoms with Gasteiger partial charge in [0.25, 0.3) is 0 Å². The number of carboxylic acids is 1. The molecule has 0 saturated heterocycles. The van der Waals surface area contributed by atoms with Gasteiger partial charge in [0.1, 0.15) is 0 Å². The fourth-order valence-electron chi connectivity index (χ4n) is 0.484. The Morgan fingerprint density at radius 3 is 2.50 bits per heavy atom. The molecule has 62 valence electrons. The van der Waals surface area contributed by atoms with Crippen LogP contribution in [0.1, 0.15) is 19.8 Å². The maximum absolute atomic E-state index is 9.99. The van der Waals surface area contributed by atoms with Crippen LogP contribution in [0.4, 0.5) is 0 Å². The van der Waals surface area contributed by atoms with Gasteiger partial charge in [-0.25, -0.2) is 0 Å². The van der Waals surface area contributed by atoms with Crippen LogP contribution in [0.15, 0.2) is 0 Å². The zero-order valence-corrected chi connectivity index (χ0v) is 7.07. The first-order valence-corrected chi connectivity index (χ1v) is 3.06. The standard InChI is InChI=1S/C6H13NO2.ClH/c1-5(7-2)3-4-6(8)9;/h5,7H,3-4H2,1-2H3,(H,8,9);1H. The van der Waals surface area contributed by atoms with Crippen molar-refractivity contribution in [1.29, 1.82) is 0 Å². The van der Waals surface area contributed by atoms with Gasteiger partial charge in [-0.3, -0.25) is 4.79 Å². The van der Waals surface area contributed by atoms with Crippen molar-refractivity contribution in [3.05, 3.63) is 0 Å². The maximum atomic E-state index is 9.99. The van der Waals surface area contributed by atoms with Crippen LogP contribution in [0.5, 0.6) is 0 Å². The molecule has 0 fully saturated rings. The van der Waals surface area contributed by atoms with Crippen LogP contribution in [-0.2, 0) is 4.79 Å². The Morgan fingerprint density at radius 2 is 2.20 bits per heavy atom. The van der Waals surface area contributed by atoms with E-state index in [2.05, 4.69) is 5.32 Å². The average Bonchev–Trinajstić information content (AvgIpc) is 1.83. The molecule has 0 aromatic rings. The Bertz CT molecular complexity index is 97.7. The largest absolute Gasteiger partial charge is 0.481 e. The number of nitrogens with one attached hydrogen (secondary N) is 1. The number of carboxylic acid groups (broad SMARTS) is 1. The second-order valence-corrected chi connectivity index (χ2v) is 2.12. The Labute approximate surface area is 67.2 Å². The molecule has 1 unspecified atom stereocenters. The summed E-state index contributed by atoms with van der Waals surface area (Å²) in [6.07, 6.45) is 0.952. The molecule has 2 N–H and O–H groups in total. The van der Waals surface area contributed by atoms with Gasteiger partial charge in [0.2, 0.25) is 0 Å². The van der Waals surface area contributed by atoms with E-state index in [0.29, 0.717) is 12.5 Å². The number of aliphatic carboxylic acids is 1. The van der Waals surface area contributed by atoms with Gasteiger partial charge in [-0.15, -0.1) is 12.4 Å². The molecule has 0 spiro atoms. The smallest absolute Gasteiger partial charge is 0.303 e.